The molecule has 0 radical (unpaired) electrons. The molecule has 0 saturated carbocycles. The summed E-state index contributed by atoms with van der Waals surface area (Å²) < 4.78 is 2.06. The van der Waals surface area contributed by atoms with Gasteiger partial charge in [-0.2, -0.15) is 0 Å². The minimum Gasteiger partial charge on any atom is -0.347 e. The molecule has 2 aromatic heterocycles. The van der Waals surface area contributed by atoms with Crippen molar-refractivity contribution in [2.45, 2.75) is 31.3 Å². The van der Waals surface area contributed by atoms with Crippen molar-refractivity contribution in [3.63, 3.8) is 0 Å². The van der Waals surface area contributed by atoms with E-state index in [2.05, 4.69) is 44.1 Å². The van der Waals surface area contributed by atoms with Gasteiger partial charge in [-0.05, 0) is 31.0 Å². The van der Waals surface area contributed by atoms with Crippen molar-refractivity contribution < 1.29 is 4.79 Å². The maximum Gasteiger partial charge on any atom is 0.271 e. The minimum atomic E-state index is -0.162. The quantitative estimate of drug-likeness (QED) is 0.431. The fourth-order valence-electron chi connectivity index (χ4n) is 3.00. The van der Waals surface area contributed by atoms with E-state index in [4.69, 9.17) is 0 Å². The maximum atomic E-state index is 12.4. The number of para-hydroxylation sites is 1. The molecular weight excluding hydrogens is 414 g/mol. The first-order valence-corrected chi connectivity index (χ1v) is 11.4. The normalized spacial score (nSPS) is 10.9. The summed E-state index contributed by atoms with van der Waals surface area (Å²) in [5.41, 5.74) is 3.74. The number of hydrogen-bond acceptors (Lipinski definition) is 6. The lowest BCUT2D eigenvalue weighted by Crippen LogP contribution is -2.23. The first-order chi connectivity index (χ1) is 14.6. The Morgan fingerprint density at radius 2 is 1.83 bits per heavy atom. The summed E-state index contributed by atoms with van der Waals surface area (Å²) in [6.45, 7) is 4.51. The standard InChI is InChI=1S/C22H21N5OS2/c1-15-8-6-7-11-19(15)27-16(2)25-26-22(27)30-14-20-24-18(13-29-20)21(28)23-12-17-9-4-3-5-10-17/h3-11,13H,12,14H2,1-2H3,(H,23,28). The van der Waals surface area contributed by atoms with Crippen LogP contribution in [0.4, 0.5) is 0 Å². The topological polar surface area (TPSA) is 72.7 Å². The lowest BCUT2D eigenvalue weighted by molar-refractivity contribution is 0.0946. The predicted molar refractivity (Wildman–Crippen MR) is 120 cm³/mol. The summed E-state index contributed by atoms with van der Waals surface area (Å²) in [5.74, 6) is 1.30. The molecule has 1 N–H and O–H groups in total. The zero-order valence-electron chi connectivity index (χ0n) is 16.7. The van der Waals surface area contributed by atoms with Gasteiger partial charge in [0.05, 0.1) is 11.4 Å². The zero-order valence-corrected chi connectivity index (χ0v) is 18.3. The Kier molecular flexibility index (Phi) is 6.25. The number of aryl methyl sites for hydroxylation is 2. The van der Waals surface area contributed by atoms with Gasteiger partial charge < -0.3 is 5.32 Å². The molecule has 0 aliphatic heterocycles. The van der Waals surface area contributed by atoms with Gasteiger partial charge in [-0.25, -0.2) is 4.98 Å². The van der Waals surface area contributed by atoms with Crippen LogP contribution in [-0.2, 0) is 12.3 Å². The Balaban J connectivity index is 1.41. The van der Waals surface area contributed by atoms with Gasteiger partial charge >= 0.3 is 0 Å². The van der Waals surface area contributed by atoms with Gasteiger partial charge in [0.25, 0.3) is 5.91 Å². The van der Waals surface area contributed by atoms with Crippen molar-refractivity contribution in [3.8, 4) is 5.69 Å². The van der Waals surface area contributed by atoms with Crippen molar-refractivity contribution in [2.24, 2.45) is 0 Å². The maximum absolute atomic E-state index is 12.4. The molecule has 4 aromatic rings. The Hall–Kier alpha value is -2.97. The van der Waals surface area contributed by atoms with E-state index in [9.17, 15) is 4.79 Å². The summed E-state index contributed by atoms with van der Waals surface area (Å²) in [6.07, 6.45) is 0. The van der Waals surface area contributed by atoms with E-state index in [0.717, 1.165) is 32.8 Å². The monoisotopic (exact) mass is 435 g/mol. The second kappa shape index (κ2) is 9.23. The molecule has 30 heavy (non-hydrogen) atoms. The molecule has 0 unspecified atom stereocenters. The van der Waals surface area contributed by atoms with E-state index in [1.165, 1.54) is 11.3 Å². The second-order valence-corrected chi connectivity index (χ2v) is 8.62. The molecule has 0 bridgehead atoms. The molecule has 2 heterocycles. The number of amides is 1. The fraction of sp³-hybridized carbons (Fsp3) is 0.182. The third-order valence-electron chi connectivity index (χ3n) is 4.56. The number of nitrogens with one attached hydrogen (secondary N) is 1. The highest BCUT2D eigenvalue weighted by Gasteiger charge is 2.15. The molecule has 0 aliphatic carbocycles. The number of thioether (sulfide) groups is 1. The molecule has 2 aromatic carbocycles. The average Bonchev–Trinajstić information content (AvgIpc) is 3.38. The van der Waals surface area contributed by atoms with Gasteiger partial charge in [0.2, 0.25) is 0 Å². The molecule has 8 heteroatoms. The van der Waals surface area contributed by atoms with Gasteiger partial charge in [0.15, 0.2) is 5.16 Å². The summed E-state index contributed by atoms with van der Waals surface area (Å²) in [4.78, 5) is 16.9. The smallest absolute Gasteiger partial charge is 0.271 e. The fourth-order valence-corrected chi connectivity index (χ4v) is 4.79. The van der Waals surface area contributed by atoms with Crippen molar-refractivity contribution in [2.75, 3.05) is 0 Å². The van der Waals surface area contributed by atoms with Gasteiger partial charge in [-0.15, -0.1) is 21.5 Å². The number of carbonyl (C=O) groups excluding carboxylic acids is 1. The first-order valence-electron chi connectivity index (χ1n) is 9.49. The molecule has 0 saturated heterocycles. The van der Waals surface area contributed by atoms with Crippen LogP contribution in [0.5, 0.6) is 0 Å². The molecule has 1 amide bonds. The number of nitrogens with zero attached hydrogens (tertiary/aromatic N) is 4. The van der Waals surface area contributed by atoms with Crippen LogP contribution < -0.4 is 5.32 Å². The van der Waals surface area contributed by atoms with E-state index in [0.29, 0.717) is 18.0 Å². The molecular formula is C22H21N5OS2. The average molecular weight is 436 g/mol. The van der Waals surface area contributed by atoms with Gasteiger partial charge in [0.1, 0.15) is 16.5 Å². The van der Waals surface area contributed by atoms with Gasteiger partial charge in [-0.3, -0.25) is 9.36 Å². The highest BCUT2D eigenvalue weighted by atomic mass is 32.2. The molecule has 4 rings (SSSR count). The van der Waals surface area contributed by atoms with E-state index in [1.54, 1.807) is 17.1 Å². The van der Waals surface area contributed by atoms with Crippen LogP contribution in [0.1, 0.15) is 32.4 Å². The van der Waals surface area contributed by atoms with Crippen LogP contribution in [0.2, 0.25) is 0 Å². The Bertz CT molecular complexity index is 1150. The van der Waals surface area contributed by atoms with E-state index >= 15 is 0 Å². The number of thiazole rings is 1. The predicted octanol–water partition coefficient (Wildman–Crippen LogP) is 4.56. The zero-order chi connectivity index (χ0) is 20.9. The SMILES string of the molecule is Cc1ccccc1-n1c(C)nnc1SCc1nc(C(=O)NCc2ccccc2)cs1. The van der Waals surface area contributed by atoms with Gasteiger partial charge in [0, 0.05) is 11.9 Å². The van der Waals surface area contributed by atoms with Crippen LogP contribution in [0.15, 0.2) is 65.1 Å². The minimum absolute atomic E-state index is 0.162. The number of benzene rings is 2. The largest absolute Gasteiger partial charge is 0.347 e. The molecule has 6 nitrogen and oxygen atoms in total. The Morgan fingerprint density at radius 1 is 1.07 bits per heavy atom. The third-order valence-corrected chi connectivity index (χ3v) is 6.53. The van der Waals surface area contributed by atoms with E-state index in [-0.39, 0.29) is 5.91 Å². The van der Waals surface area contributed by atoms with Crippen molar-refractivity contribution in [3.05, 3.63) is 87.6 Å². The van der Waals surface area contributed by atoms with E-state index in [1.807, 2.05) is 49.4 Å². The molecule has 152 valence electrons. The van der Waals surface area contributed by atoms with Crippen molar-refractivity contribution >= 4 is 29.0 Å². The number of aromatic nitrogens is 4. The summed E-state index contributed by atoms with van der Waals surface area (Å²) in [7, 11) is 0. The molecule has 0 aliphatic rings. The van der Waals surface area contributed by atoms with Crippen molar-refractivity contribution in [1.29, 1.82) is 0 Å². The van der Waals surface area contributed by atoms with Crippen molar-refractivity contribution in [1.82, 2.24) is 25.1 Å². The highest BCUT2D eigenvalue weighted by Crippen LogP contribution is 2.27. The lowest BCUT2D eigenvalue weighted by atomic mass is 10.2. The van der Waals surface area contributed by atoms with Crippen LogP contribution in [-0.4, -0.2) is 25.7 Å². The van der Waals surface area contributed by atoms with Crippen LogP contribution in [0.25, 0.3) is 5.69 Å². The van der Waals surface area contributed by atoms with Crippen LogP contribution >= 0.6 is 23.1 Å². The number of hydrogen-bond donors (Lipinski definition) is 1. The molecule has 0 fully saturated rings. The van der Waals surface area contributed by atoms with Gasteiger partial charge in [-0.1, -0.05) is 60.3 Å². The summed E-state index contributed by atoms with van der Waals surface area (Å²) >= 11 is 3.05. The second-order valence-electron chi connectivity index (χ2n) is 6.74. The Labute approximate surface area is 183 Å². The molecule has 0 atom stereocenters. The summed E-state index contributed by atoms with van der Waals surface area (Å²) in [6, 6.07) is 18.0. The summed E-state index contributed by atoms with van der Waals surface area (Å²) in [5, 5.41) is 15.0. The van der Waals surface area contributed by atoms with Crippen LogP contribution in [0.3, 0.4) is 0 Å². The van der Waals surface area contributed by atoms with Crippen LogP contribution in [0, 0.1) is 13.8 Å². The number of carbonyl (C=O) groups is 1. The first kappa shape index (κ1) is 20.3. The molecule has 0 spiro atoms. The Morgan fingerprint density at radius 3 is 2.63 bits per heavy atom. The number of rotatable bonds is 7. The highest BCUT2D eigenvalue weighted by molar-refractivity contribution is 7.98. The van der Waals surface area contributed by atoms with E-state index < -0.39 is 0 Å². The third kappa shape index (κ3) is 4.60. The lowest BCUT2D eigenvalue weighted by Gasteiger charge is -2.10.